The molecule has 0 aromatic heterocycles. The molecule has 0 heterocycles. The number of nitrogens with one attached hydrogen (secondary N) is 1. The van der Waals surface area contributed by atoms with E-state index in [0.29, 0.717) is 12.3 Å². The quantitative estimate of drug-likeness (QED) is 0.542. The fraction of sp³-hybridized carbons (Fsp3) is 0.357. The molecule has 0 saturated heterocycles. The molecule has 2 amide bonds. The zero-order valence-corrected chi connectivity index (χ0v) is 11.8. The van der Waals surface area contributed by atoms with Crippen LogP contribution in [0.2, 0.25) is 0 Å². The van der Waals surface area contributed by atoms with Crippen molar-refractivity contribution in [3.8, 4) is 0 Å². The molecule has 0 aliphatic rings. The van der Waals surface area contributed by atoms with Gasteiger partial charge < -0.3 is 20.5 Å². The van der Waals surface area contributed by atoms with E-state index in [9.17, 15) is 14.4 Å². The Morgan fingerprint density at radius 2 is 1.86 bits per heavy atom. The number of rotatable bonds is 8. The van der Waals surface area contributed by atoms with Crippen LogP contribution in [0.3, 0.4) is 0 Å². The largest absolute Gasteiger partial charge is 0.463 e. The zero-order valence-electron chi connectivity index (χ0n) is 11.8. The molecular weight excluding hydrogens is 276 g/mol. The van der Waals surface area contributed by atoms with Crippen LogP contribution in [-0.2, 0) is 19.1 Å². The smallest absolute Gasteiger partial charge is 0.306 e. The first-order valence-electron chi connectivity index (χ1n) is 6.38. The standard InChI is InChI=1S/C14H18N2O5/c1-20-8-9-21-13(18)7-6-12(17)16-11-5-3-2-4-10(11)14(15)19/h2-5H,6-9H2,1H3,(H2,15,19)(H,16,17). The summed E-state index contributed by atoms with van der Waals surface area (Å²) in [5, 5.41) is 2.54. The number of benzene rings is 1. The van der Waals surface area contributed by atoms with Gasteiger partial charge in [-0.25, -0.2) is 0 Å². The maximum atomic E-state index is 11.7. The summed E-state index contributed by atoms with van der Waals surface area (Å²) < 4.78 is 9.56. The molecule has 0 fully saturated rings. The number of ether oxygens (including phenoxy) is 2. The van der Waals surface area contributed by atoms with Crippen LogP contribution in [0.1, 0.15) is 23.2 Å². The fourth-order valence-corrected chi connectivity index (χ4v) is 1.55. The van der Waals surface area contributed by atoms with Crippen LogP contribution in [0, 0.1) is 0 Å². The molecule has 0 aliphatic carbocycles. The molecule has 7 nitrogen and oxygen atoms in total. The predicted molar refractivity (Wildman–Crippen MR) is 75.7 cm³/mol. The molecule has 0 unspecified atom stereocenters. The third-order valence-electron chi connectivity index (χ3n) is 2.57. The Morgan fingerprint density at radius 1 is 1.14 bits per heavy atom. The molecule has 3 N–H and O–H groups in total. The van der Waals surface area contributed by atoms with Gasteiger partial charge in [0.2, 0.25) is 5.91 Å². The number of methoxy groups -OCH3 is 1. The van der Waals surface area contributed by atoms with Crippen LogP contribution < -0.4 is 11.1 Å². The van der Waals surface area contributed by atoms with Crippen LogP contribution in [0.4, 0.5) is 5.69 Å². The van der Waals surface area contributed by atoms with Gasteiger partial charge in [-0.2, -0.15) is 0 Å². The Hall–Kier alpha value is -2.41. The fourth-order valence-electron chi connectivity index (χ4n) is 1.55. The van der Waals surface area contributed by atoms with Crippen LogP contribution in [0.15, 0.2) is 24.3 Å². The number of nitrogens with two attached hydrogens (primary N) is 1. The van der Waals surface area contributed by atoms with Gasteiger partial charge in [0.25, 0.3) is 5.91 Å². The molecule has 0 spiro atoms. The molecule has 0 atom stereocenters. The van der Waals surface area contributed by atoms with Gasteiger partial charge in [0, 0.05) is 13.5 Å². The van der Waals surface area contributed by atoms with E-state index in [2.05, 4.69) is 5.32 Å². The highest BCUT2D eigenvalue weighted by Crippen LogP contribution is 2.14. The normalized spacial score (nSPS) is 9.95. The lowest BCUT2D eigenvalue weighted by Gasteiger charge is -2.08. The molecule has 0 radical (unpaired) electrons. The van der Waals surface area contributed by atoms with E-state index in [1.807, 2.05) is 0 Å². The molecule has 7 heteroatoms. The molecule has 21 heavy (non-hydrogen) atoms. The zero-order chi connectivity index (χ0) is 15.7. The Kier molecular flexibility index (Phi) is 6.90. The van der Waals surface area contributed by atoms with Gasteiger partial charge in [0.05, 0.1) is 24.3 Å². The van der Waals surface area contributed by atoms with Crippen LogP contribution in [-0.4, -0.2) is 38.1 Å². The summed E-state index contributed by atoms with van der Waals surface area (Å²) in [5.74, 6) is -1.51. The van der Waals surface area contributed by atoms with Gasteiger partial charge in [-0.1, -0.05) is 12.1 Å². The summed E-state index contributed by atoms with van der Waals surface area (Å²) >= 11 is 0. The van der Waals surface area contributed by atoms with Gasteiger partial charge in [0.1, 0.15) is 6.61 Å². The topological polar surface area (TPSA) is 108 Å². The van der Waals surface area contributed by atoms with Crippen molar-refractivity contribution in [1.82, 2.24) is 0 Å². The third-order valence-corrected chi connectivity index (χ3v) is 2.57. The van der Waals surface area contributed by atoms with E-state index in [4.69, 9.17) is 15.2 Å². The molecule has 0 aliphatic heterocycles. The van der Waals surface area contributed by atoms with Crippen LogP contribution in [0.25, 0.3) is 0 Å². The van der Waals surface area contributed by atoms with E-state index < -0.39 is 17.8 Å². The van der Waals surface area contributed by atoms with Crippen molar-refractivity contribution >= 4 is 23.5 Å². The maximum absolute atomic E-state index is 11.7. The lowest BCUT2D eigenvalue weighted by atomic mass is 10.1. The highest BCUT2D eigenvalue weighted by Gasteiger charge is 2.12. The summed E-state index contributed by atoms with van der Waals surface area (Å²) in [4.78, 5) is 34.2. The Labute approximate surface area is 122 Å². The van der Waals surface area contributed by atoms with Crippen LogP contribution >= 0.6 is 0 Å². The first-order chi connectivity index (χ1) is 10.0. The lowest BCUT2D eigenvalue weighted by molar-refractivity contribution is -0.145. The minimum atomic E-state index is -0.634. The maximum Gasteiger partial charge on any atom is 0.306 e. The number of hydrogen-bond acceptors (Lipinski definition) is 5. The Bertz CT molecular complexity index is 516. The first-order valence-corrected chi connectivity index (χ1v) is 6.38. The lowest BCUT2D eigenvalue weighted by Crippen LogP contribution is -2.19. The number of anilines is 1. The third kappa shape index (κ3) is 6.05. The van der Waals surface area contributed by atoms with Crippen molar-refractivity contribution in [2.75, 3.05) is 25.6 Å². The minimum absolute atomic E-state index is 0.0427. The number of carbonyl (C=O) groups is 3. The highest BCUT2D eigenvalue weighted by atomic mass is 16.6. The number of primary amides is 1. The number of para-hydroxylation sites is 1. The molecule has 1 aromatic rings. The first kappa shape index (κ1) is 16.6. The van der Waals surface area contributed by atoms with Gasteiger partial charge in [-0.05, 0) is 12.1 Å². The average molecular weight is 294 g/mol. The van der Waals surface area contributed by atoms with Gasteiger partial charge in [-0.15, -0.1) is 0 Å². The molecule has 1 aromatic carbocycles. The van der Waals surface area contributed by atoms with Crippen molar-refractivity contribution in [3.63, 3.8) is 0 Å². The Balaban J connectivity index is 2.44. The molecule has 0 saturated carbocycles. The van der Waals surface area contributed by atoms with Gasteiger partial charge in [-0.3, -0.25) is 14.4 Å². The van der Waals surface area contributed by atoms with Crippen molar-refractivity contribution in [3.05, 3.63) is 29.8 Å². The summed E-state index contributed by atoms with van der Waals surface area (Å²) in [7, 11) is 1.50. The van der Waals surface area contributed by atoms with E-state index in [1.54, 1.807) is 18.2 Å². The summed E-state index contributed by atoms with van der Waals surface area (Å²) in [6, 6.07) is 6.38. The minimum Gasteiger partial charge on any atom is -0.463 e. The van der Waals surface area contributed by atoms with Crippen LogP contribution in [0.5, 0.6) is 0 Å². The summed E-state index contributed by atoms with van der Waals surface area (Å²) in [5.41, 5.74) is 5.74. The van der Waals surface area contributed by atoms with E-state index >= 15 is 0 Å². The molecule has 0 bridgehead atoms. The van der Waals surface area contributed by atoms with Crippen molar-refractivity contribution < 1.29 is 23.9 Å². The second-order valence-corrected chi connectivity index (χ2v) is 4.17. The highest BCUT2D eigenvalue weighted by molar-refractivity contribution is 6.03. The second-order valence-electron chi connectivity index (χ2n) is 4.17. The van der Waals surface area contributed by atoms with Crippen molar-refractivity contribution in [2.45, 2.75) is 12.8 Å². The summed E-state index contributed by atoms with van der Waals surface area (Å²) in [6.45, 7) is 0.464. The van der Waals surface area contributed by atoms with E-state index in [1.165, 1.54) is 13.2 Å². The number of hydrogen-bond donors (Lipinski definition) is 2. The summed E-state index contributed by atoms with van der Waals surface area (Å²) in [6.07, 6.45) is -0.0901. The van der Waals surface area contributed by atoms with Crippen molar-refractivity contribution in [2.24, 2.45) is 5.73 Å². The van der Waals surface area contributed by atoms with E-state index in [-0.39, 0.29) is 25.0 Å². The number of amides is 2. The van der Waals surface area contributed by atoms with E-state index in [0.717, 1.165) is 0 Å². The second kappa shape index (κ2) is 8.70. The molecule has 1 rings (SSSR count). The number of esters is 1. The predicted octanol–water partition coefficient (Wildman–Crippen LogP) is 0.694. The number of carbonyl (C=O) groups excluding carboxylic acids is 3. The monoisotopic (exact) mass is 294 g/mol. The van der Waals surface area contributed by atoms with Gasteiger partial charge in [0.15, 0.2) is 0 Å². The average Bonchev–Trinajstić information content (AvgIpc) is 2.46. The SMILES string of the molecule is COCCOC(=O)CCC(=O)Nc1ccccc1C(N)=O. The molecular formula is C14H18N2O5. The van der Waals surface area contributed by atoms with Gasteiger partial charge >= 0.3 is 5.97 Å². The molecule has 114 valence electrons. The van der Waals surface area contributed by atoms with Crippen molar-refractivity contribution in [1.29, 1.82) is 0 Å². The Morgan fingerprint density at radius 3 is 2.52 bits per heavy atom.